The first-order valence-electron chi connectivity index (χ1n) is 7.39. The van der Waals surface area contributed by atoms with Crippen molar-refractivity contribution in [3.05, 3.63) is 60.6 Å². The Balaban J connectivity index is 2.49. The fourth-order valence-corrected chi connectivity index (χ4v) is 2.88. The van der Waals surface area contributed by atoms with E-state index in [4.69, 9.17) is 8.85 Å². The van der Waals surface area contributed by atoms with Crippen LogP contribution in [0.1, 0.15) is 45.1 Å². The zero-order chi connectivity index (χ0) is 14.5. The van der Waals surface area contributed by atoms with Gasteiger partial charge in [0.05, 0.1) is 12.5 Å². The van der Waals surface area contributed by atoms with Gasteiger partial charge in [0, 0.05) is 6.04 Å². The first-order valence-corrected chi connectivity index (χ1v) is 8.92. The van der Waals surface area contributed by atoms with E-state index in [0.717, 1.165) is 31.7 Å². The van der Waals surface area contributed by atoms with Crippen LogP contribution in [0, 0.1) is 0 Å². The molecule has 0 amide bonds. The molecule has 0 N–H and O–H groups in total. The van der Waals surface area contributed by atoms with Gasteiger partial charge in [-0.05, 0) is 18.4 Å². The lowest BCUT2D eigenvalue weighted by Gasteiger charge is -2.11. The molecule has 2 nitrogen and oxygen atoms in total. The molecule has 0 bridgehead atoms. The molecule has 0 saturated carbocycles. The summed E-state index contributed by atoms with van der Waals surface area (Å²) in [6, 6.07) is 11.2. The number of unbranched alkanes of at least 4 members (excludes halogenated alkanes) is 2. The Morgan fingerprint density at radius 1 is 0.900 bits per heavy atom. The number of hydrogen-bond acceptors (Lipinski definition) is 2. The second-order valence-corrected chi connectivity index (χ2v) is 6.16. The summed E-state index contributed by atoms with van der Waals surface area (Å²) >= 11 is 0. The lowest BCUT2D eigenvalue weighted by molar-refractivity contribution is 0.338. The van der Waals surface area contributed by atoms with E-state index in [0.29, 0.717) is 0 Å². The van der Waals surface area contributed by atoms with Crippen LogP contribution in [0.4, 0.5) is 0 Å². The molecule has 0 aromatic heterocycles. The zero-order valence-corrected chi connectivity index (χ0v) is 13.5. The van der Waals surface area contributed by atoms with Crippen molar-refractivity contribution in [1.82, 2.24) is 0 Å². The summed E-state index contributed by atoms with van der Waals surface area (Å²) < 4.78 is 11.6. The van der Waals surface area contributed by atoms with Crippen molar-refractivity contribution in [3.63, 3.8) is 0 Å². The minimum atomic E-state index is -1.33. The van der Waals surface area contributed by atoms with Crippen molar-refractivity contribution in [2.75, 3.05) is 0 Å². The SMILES string of the molecule is CCCC=CO[Si](Cc1ccccc1)OC=CCCC. The van der Waals surface area contributed by atoms with Gasteiger partial charge in [-0.3, -0.25) is 0 Å². The summed E-state index contributed by atoms with van der Waals surface area (Å²) in [5.74, 6) is 0. The highest BCUT2D eigenvalue weighted by atomic mass is 28.3. The maximum absolute atomic E-state index is 5.78. The van der Waals surface area contributed by atoms with Crippen LogP contribution >= 0.6 is 0 Å². The molecule has 0 aliphatic rings. The normalized spacial score (nSPS) is 11.6. The highest BCUT2D eigenvalue weighted by molar-refractivity contribution is 6.44. The average Bonchev–Trinajstić information content (AvgIpc) is 2.49. The first-order chi connectivity index (χ1) is 9.86. The molecule has 0 spiro atoms. The van der Waals surface area contributed by atoms with E-state index < -0.39 is 9.28 Å². The van der Waals surface area contributed by atoms with Crippen molar-refractivity contribution in [3.8, 4) is 0 Å². The van der Waals surface area contributed by atoms with Gasteiger partial charge in [-0.15, -0.1) is 0 Å². The summed E-state index contributed by atoms with van der Waals surface area (Å²) in [6.07, 6.45) is 12.1. The third-order valence-corrected chi connectivity index (χ3v) is 4.19. The summed E-state index contributed by atoms with van der Waals surface area (Å²) in [6.45, 7) is 4.31. The van der Waals surface area contributed by atoms with E-state index in [1.54, 1.807) is 12.5 Å². The average molecular weight is 289 g/mol. The third kappa shape index (κ3) is 7.84. The van der Waals surface area contributed by atoms with Crippen molar-refractivity contribution >= 4 is 9.28 Å². The van der Waals surface area contributed by atoms with E-state index in [1.807, 2.05) is 6.07 Å². The predicted octanol–water partition coefficient (Wildman–Crippen LogP) is 4.92. The summed E-state index contributed by atoms with van der Waals surface area (Å²) in [7, 11) is -1.33. The molecule has 109 valence electrons. The maximum atomic E-state index is 5.78. The summed E-state index contributed by atoms with van der Waals surface area (Å²) in [5, 5.41) is 0. The topological polar surface area (TPSA) is 18.5 Å². The molecule has 0 aliphatic heterocycles. The lowest BCUT2D eigenvalue weighted by Crippen LogP contribution is -2.21. The van der Waals surface area contributed by atoms with Gasteiger partial charge < -0.3 is 8.85 Å². The quantitative estimate of drug-likeness (QED) is 0.450. The standard InChI is InChI=1S/C17H25O2Si/c1-3-5-10-14-18-20(19-15-11-6-4-2)16-17-12-8-7-9-13-17/h7-15H,3-6,16H2,1-2H3. The number of hydrogen-bond donors (Lipinski definition) is 0. The predicted molar refractivity (Wildman–Crippen MR) is 86.2 cm³/mol. The largest absolute Gasteiger partial charge is 0.536 e. The van der Waals surface area contributed by atoms with Crippen LogP contribution in [-0.4, -0.2) is 9.28 Å². The fraction of sp³-hybridized carbons (Fsp3) is 0.412. The van der Waals surface area contributed by atoms with Crippen LogP contribution in [0.5, 0.6) is 0 Å². The molecule has 20 heavy (non-hydrogen) atoms. The van der Waals surface area contributed by atoms with Gasteiger partial charge in [-0.1, -0.05) is 69.2 Å². The second-order valence-electron chi connectivity index (χ2n) is 4.59. The molecule has 1 aromatic carbocycles. The Morgan fingerprint density at radius 2 is 1.45 bits per heavy atom. The van der Waals surface area contributed by atoms with E-state index in [-0.39, 0.29) is 0 Å². The van der Waals surface area contributed by atoms with Crippen LogP contribution < -0.4 is 0 Å². The smallest absolute Gasteiger partial charge is 0.517 e. The molecule has 1 radical (unpaired) electrons. The monoisotopic (exact) mass is 289 g/mol. The minimum absolute atomic E-state index is 0.846. The van der Waals surface area contributed by atoms with Gasteiger partial charge >= 0.3 is 9.28 Å². The van der Waals surface area contributed by atoms with Crippen molar-refractivity contribution in [2.45, 2.75) is 45.6 Å². The van der Waals surface area contributed by atoms with E-state index >= 15 is 0 Å². The second kappa shape index (κ2) is 11.4. The van der Waals surface area contributed by atoms with Crippen LogP contribution in [-0.2, 0) is 14.9 Å². The van der Waals surface area contributed by atoms with Crippen LogP contribution in [0.3, 0.4) is 0 Å². The Hall–Kier alpha value is -1.48. The Bertz CT molecular complexity index is 369. The van der Waals surface area contributed by atoms with Gasteiger partial charge in [-0.2, -0.15) is 0 Å². The molecule has 0 heterocycles. The maximum Gasteiger partial charge on any atom is 0.536 e. The van der Waals surface area contributed by atoms with E-state index in [1.165, 1.54) is 5.56 Å². The summed E-state index contributed by atoms with van der Waals surface area (Å²) in [4.78, 5) is 0. The number of allylic oxidation sites excluding steroid dienone is 2. The van der Waals surface area contributed by atoms with Gasteiger partial charge in [0.1, 0.15) is 0 Å². The highest BCUT2D eigenvalue weighted by Gasteiger charge is 2.17. The van der Waals surface area contributed by atoms with Crippen LogP contribution in [0.15, 0.2) is 55.0 Å². The van der Waals surface area contributed by atoms with Crippen LogP contribution in [0.25, 0.3) is 0 Å². The van der Waals surface area contributed by atoms with Crippen molar-refractivity contribution < 1.29 is 8.85 Å². The molecule has 0 fully saturated rings. The zero-order valence-electron chi connectivity index (χ0n) is 12.5. The molecule has 0 atom stereocenters. The molecular weight excluding hydrogens is 264 g/mol. The van der Waals surface area contributed by atoms with Gasteiger partial charge in [0.15, 0.2) is 0 Å². The molecule has 0 saturated heterocycles. The highest BCUT2D eigenvalue weighted by Crippen LogP contribution is 2.06. The Labute approximate surface area is 125 Å². The van der Waals surface area contributed by atoms with Gasteiger partial charge in [0.2, 0.25) is 0 Å². The minimum Gasteiger partial charge on any atom is -0.517 e. The van der Waals surface area contributed by atoms with Gasteiger partial charge in [0.25, 0.3) is 0 Å². The van der Waals surface area contributed by atoms with E-state index in [2.05, 4.69) is 50.3 Å². The molecule has 1 rings (SSSR count). The third-order valence-electron chi connectivity index (χ3n) is 2.69. The lowest BCUT2D eigenvalue weighted by atomic mass is 10.2. The molecular formula is C17H25O2Si. The first kappa shape index (κ1) is 16.6. The van der Waals surface area contributed by atoms with Gasteiger partial charge in [-0.25, -0.2) is 0 Å². The molecule has 1 aromatic rings. The van der Waals surface area contributed by atoms with Crippen molar-refractivity contribution in [1.29, 1.82) is 0 Å². The van der Waals surface area contributed by atoms with E-state index in [9.17, 15) is 0 Å². The molecule has 0 unspecified atom stereocenters. The Morgan fingerprint density at radius 3 is 1.95 bits per heavy atom. The molecule has 3 heteroatoms. The molecule has 0 aliphatic carbocycles. The van der Waals surface area contributed by atoms with Crippen LogP contribution in [0.2, 0.25) is 0 Å². The van der Waals surface area contributed by atoms with Crippen molar-refractivity contribution in [2.24, 2.45) is 0 Å². The summed E-state index contributed by atoms with van der Waals surface area (Å²) in [5.41, 5.74) is 1.26. The fourth-order valence-electron chi connectivity index (χ4n) is 1.59. The number of benzene rings is 1. The number of rotatable bonds is 10. The Kier molecular flexibility index (Phi) is 9.41.